The van der Waals surface area contributed by atoms with Crippen molar-refractivity contribution in [2.75, 3.05) is 0 Å². The monoisotopic (exact) mass is 306 g/mol. The Morgan fingerprint density at radius 3 is 2.52 bits per heavy atom. The minimum atomic E-state index is -0.500. The van der Waals surface area contributed by atoms with Crippen molar-refractivity contribution in [2.24, 2.45) is 0 Å². The molecule has 0 amide bonds. The Balaban J connectivity index is 2.25. The molecular formula is C18H11FN2O2. The van der Waals surface area contributed by atoms with E-state index in [9.17, 15) is 14.0 Å². The number of para-hydroxylation sites is 2. The summed E-state index contributed by atoms with van der Waals surface area (Å²) in [5.74, 6) is -0.497. The van der Waals surface area contributed by atoms with Crippen LogP contribution in [-0.4, -0.2) is 14.8 Å². The van der Waals surface area contributed by atoms with E-state index in [0.717, 1.165) is 5.69 Å². The molecule has 0 spiro atoms. The van der Waals surface area contributed by atoms with E-state index in [0.29, 0.717) is 34.7 Å². The van der Waals surface area contributed by atoms with Gasteiger partial charge in [0.25, 0.3) is 5.56 Å². The zero-order chi connectivity index (χ0) is 15.7. The molecule has 0 N–H and O–H groups in total. The molecule has 2 aromatic heterocycles. The molecule has 0 bridgehead atoms. The van der Waals surface area contributed by atoms with Crippen LogP contribution in [0, 0.1) is 5.82 Å². The molecule has 2 aromatic carbocycles. The van der Waals surface area contributed by atoms with Crippen molar-refractivity contribution in [1.29, 1.82) is 0 Å². The molecule has 0 unspecified atom stereocenters. The number of hydrogen-bond acceptors (Lipinski definition) is 2. The normalized spacial score (nSPS) is 14.2. The van der Waals surface area contributed by atoms with E-state index in [4.69, 9.17) is 0 Å². The molecule has 0 saturated carbocycles. The van der Waals surface area contributed by atoms with E-state index >= 15 is 0 Å². The zero-order valence-corrected chi connectivity index (χ0v) is 12.0. The van der Waals surface area contributed by atoms with Gasteiger partial charge < -0.3 is 0 Å². The first-order valence-electron chi connectivity index (χ1n) is 7.47. The maximum Gasteiger partial charge on any atom is 0.279 e. The quantitative estimate of drug-likeness (QED) is 0.501. The molecule has 0 radical (unpaired) electrons. The smallest absolute Gasteiger partial charge is 0.279 e. The van der Waals surface area contributed by atoms with E-state index < -0.39 is 5.82 Å². The molecule has 1 aliphatic rings. The summed E-state index contributed by atoms with van der Waals surface area (Å²) in [5.41, 5.74) is 1.93. The highest BCUT2D eigenvalue weighted by atomic mass is 19.1. The number of rotatable bonds is 0. The van der Waals surface area contributed by atoms with Crippen molar-refractivity contribution in [3.8, 4) is 0 Å². The fourth-order valence-corrected chi connectivity index (χ4v) is 3.71. The molecule has 4 nitrogen and oxygen atoms in total. The van der Waals surface area contributed by atoms with Crippen LogP contribution >= 0.6 is 0 Å². The second kappa shape index (κ2) is 4.07. The van der Waals surface area contributed by atoms with Gasteiger partial charge in [-0.3, -0.25) is 9.59 Å². The summed E-state index contributed by atoms with van der Waals surface area (Å²) >= 11 is 0. The molecule has 1 aliphatic carbocycles. The lowest BCUT2D eigenvalue weighted by Crippen LogP contribution is -2.17. The molecular weight excluding hydrogens is 295 g/mol. The van der Waals surface area contributed by atoms with Gasteiger partial charge in [-0.2, -0.15) is 0 Å². The Hall–Kier alpha value is -2.95. The summed E-state index contributed by atoms with van der Waals surface area (Å²) in [6.45, 7) is 0. The molecule has 23 heavy (non-hydrogen) atoms. The molecule has 0 aliphatic heterocycles. The topological polar surface area (TPSA) is 43.0 Å². The largest absolute Gasteiger partial charge is 0.294 e. The molecule has 0 fully saturated rings. The van der Waals surface area contributed by atoms with Crippen molar-refractivity contribution >= 4 is 27.6 Å². The van der Waals surface area contributed by atoms with Gasteiger partial charge in [-0.25, -0.2) is 13.4 Å². The molecule has 5 heteroatoms. The highest BCUT2D eigenvalue weighted by Gasteiger charge is 2.28. The number of carbonyl (C=O) groups excluding carboxylic acids is 1. The van der Waals surface area contributed by atoms with Gasteiger partial charge >= 0.3 is 0 Å². The van der Waals surface area contributed by atoms with Gasteiger partial charge in [-0.1, -0.05) is 24.3 Å². The lowest BCUT2D eigenvalue weighted by atomic mass is 10.1. The van der Waals surface area contributed by atoms with Gasteiger partial charge in [0.2, 0.25) is 0 Å². The van der Waals surface area contributed by atoms with Gasteiger partial charge in [0.1, 0.15) is 11.3 Å². The molecule has 112 valence electrons. The third kappa shape index (κ3) is 1.39. The number of fused-ring (bicyclic) bond motifs is 8. The van der Waals surface area contributed by atoms with Crippen LogP contribution in [0.3, 0.4) is 0 Å². The minimum Gasteiger partial charge on any atom is -0.294 e. The molecule has 0 atom stereocenters. The number of carbonyl (C=O) groups is 1. The van der Waals surface area contributed by atoms with Crippen LogP contribution < -0.4 is 5.56 Å². The van der Waals surface area contributed by atoms with Crippen LogP contribution in [0.1, 0.15) is 22.5 Å². The third-order valence-corrected chi connectivity index (χ3v) is 4.63. The van der Waals surface area contributed by atoms with Crippen molar-refractivity contribution in [1.82, 2.24) is 9.03 Å². The maximum atomic E-state index is 14.5. The maximum absolute atomic E-state index is 14.5. The van der Waals surface area contributed by atoms with Crippen molar-refractivity contribution in [3.63, 3.8) is 0 Å². The van der Waals surface area contributed by atoms with Crippen LogP contribution in [-0.2, 0) is 6.42 Å². The number of aryl methyl sites for hydroxylation is 1. The zero-order valence-electron chi connectivity index (χ0n) is 12.0. The van der Waals surface area contributed by atoms with Gasteiger partial charge in [-0.15, -0.1) is 0 Å². The van der Waals surface area contributed by atoms with Crippen molar-refractivity contribution in [2.45, 2.75) is 12.8 Å². The predicted molar refractivity (Wildman–Crippen MR) is 84.7 cm³/mol. The van der Waals surface area contributed by atoms with Crippen LogP contribution in [0.15, 0.2) is 47.3 Å². The molecule has 2 heterocycles. The Labute approximate surface area is 129 Å². The lowest BCUT2D eigenvalue weighted by Gasteiger charge is -2.12. The van der Waals surface area contributed by atoms with Crippen LogP contribution in [0.2, 0.25) is 0 Å². The van der Waals surface area contributed by atoms with E-state index in [1.54, 1.807) is 28.8 Å². The van der Waals surface area contributed by atoms with E-state index in [1.165, 1.54) is 10.6 Å². The lowest BCUT2D eigenvalue weighted by molar-refractivity contribution is 0.0996. The first kappa shape index (κ1) is 12.6. The van der Waals surface area contributed by atoms with Gasteiger partial charge in [-0.05, 0) is 24.6 Å². The van der Waals surface area contributed by atoms with E-state index in [-0.39, 0.29) is 16.9 Å². The van der Waals surface area contributed by atoms with Gasteiger partial charge in [0.05, 0.1) is 16.6 Å². The van der Waals surface area contributed by atoms with Crippen LogP contribution in [0.25, 0.3) is 21.8 Å². The number of halogens is 1. The van der Waals surface area contributed by atoms with Crippen molar-refractivity contribution < 1.29 is 9.18 Å². The average molecular weight is 306 g/mol. The van der Waals surface area contributed by atoms with Crippen LogP contribution in [0.5, 0.6) is 0 Å². The number of Topliss-reactive ketones (excluding diaryl/α,β-unsaturated/α-hetero) is 1. The second-order valence-electron chi connectivity index (χ2n) is 5.83. The van der Waals surface area contributed by atoms with E-state index in [1.807, 2.05) is 12.1 Å². The fourth-order valence-electron chi connectivity index (χ4n) is 3.71. The standard InChI is InChI=1S/C18H11FN2O2/c19-12-6-3-5-11-16-14(8-9-15(16)22)20-13-7-2-1-4-10(13)18(23)21(20)17(11)12/h1-7H,8-9H2. The number of hydrogen-bond donors (Lipinski definition) is 0. The first-order valence-corrected chi connectivity index (χ1v) is 7.47. The summed E-state index contributed by atoms with van der Waals surface area (Å²) in [7, 11) is 0. The Bertz CT molecular complexity index is 1220. The third-order valence-electron chi connectivity index (χ3n) is 4.63. The highest BCUT2D eigenvalue weighted by Crippen LogP contribution is 2.31. The molecule has 5 rings (SSSR count). The average Bonchev–Trinajstić information content (AvgIpc) is 3.08. The Kier molecular flexibility index (Phi) is 2.23. The summed E-state index contributed by atoms with van der Waals surface area (Å²) in [5, 5.41) is 1.04. The molecule has 4 aromatic rings. The Morgan fingerprint density at radius 1 is 0.870 bits per heavy atom. The molecule has 0 saturated heterocycles. The fraction of sp³-hybridized carbons (Fsp3) is 0.111. The summed E-state index contributed by atoms with van der Waals surface area (Å²) in [6.07, 6.45) is 0.948. The Morgan fingerprint density at radius 2 is 1.65 bits per heavy atom. The van der Waals surface area contributed by atoms with Crippen molar-refractivity contribution in [3.05, 3.63) is 69.9 Å². The van der Waals surface area contributed by atoms with E-state index in [2.05, 4.69) is 0 Å². The van der Waals surface area contributed by atoms with Gasteiger partial charge in [0.15, 0.2) is 5.78 Å². The summed E-state index contributed by atoms with van der Waals surface area (Å²) in [4.78, 5) is 25.2. The number of aromatic nitrogens is 2. The summed E-state index contributed by atoms with van der Waals surface area (Å²) < 4.78 is 17.6. The second-order valence-corrected chi connectivity index (χ2v) is 5.83. The number of nitrogens with zero attached hydrogens (tertiary/aromatic N) is 2. The highest BCUT2D eigenvalue weighted by molar-refractivity contribution is 6.10. The minimum absolute atomic E-state index is 0.00308. The first-order chi connectivity index (χ1) is 11.2. The predicted octanol–water partition coefficient (Wildman–Crippen LogP) is 2.97. The number of ketones is 1. The SMILES string of the molecule is O=C1CCc2c1c1cccc(F)c1n1c(=O)c3ccccc3n21. The summed E-state index contributed by atoms with van der Waals surface area (Å²) in [6, 6.07) is 11.8. The van der Waals surface area contributed by atoms with Crippen LogP contribution in [0.4, 0.5) is 4.39 Å². The number of benzene rings is 2. The van der Waals surface area contributed by atoms with Gasteiger partial charge in [0, 0.05) is 17.4 Å².